The summed E-state index contributed by atoms with van der Waals surface area (Å²) in [6.07, 6.45) is 3.39. The molecule has 1 fully saturated rings. The van der Waals surface area contributed by atoms with Crippen LogP contribution in [0.1, 0.15) is 44.1 Å². The van der Waals surface area contributed by atoms with Gasteiger partial charge >= 0.3 is 0 Å². The van der Waals surface area contributed by atoms with E-state index in [2.05, 4.69) is 16.9 Å². The van der Waals surface area contributed by atoms with Crippen LogP contribution in [0.25, 0.3) is 0 Å². The molecule has 1 aliphatic carbocycles. The molecule has 0 aliphatic heterocycles. The van der Waals surface area contributed by atoms with Crippen LogP contribution in [0.5, 0.6) is 0 Å². The first-order valence-corrected chi connectivity index (χ1v) is 5.31. The summed E-state index contributed by atoms with van der Waals surface area (Å²) >= 11 is 0. The molecule has 76 valence electrons. The molecule has 1 atom stereocenters. The summed E-state index contributed by atoms with van der Waals surface area (Å²) in [4.78, 5) is 18.6. The Morgan fingerprint density at radius 3 is 2.93 bits per heavy atom. The van der Waals surface area contributed by atoms with Gasteiger partial charge in [-0.25, -0.2) is 4.98 Å². The van der Waals surface area contributed by atoms with Crippen molar-refractivity contribution in [2.24, 2.45) is 5.92 Å². The minimum absolute atomic E-state index is 0.0145. The maximum atomic E-state index is 11.3. The highest BCUT2D eigenvalue weighted by Gasteiger charge is 2.30. The minimum Gasteiger partial charge on any atom is -0.310 e. The average Bonchev–Trinajstić information content (AvgIpc) is 2.99. The Hall–Kier alpha value is -1.12. The van der Waals surface area contributed by atoms with Crippen LogP contribution >= 0.6 is 0 Å². The average molecular weight is 192 g/mol. The summed E-state index contributed by atoms with van der Waals surface area (Å²) in [6, 6.07) is 1.59. The van der Waals surface area contributed by atoms with Crippen LogP contribution in [0.2, 0.25) is 0 Å². The fourth-order valence-corrected chi connectivity index (χ4v) is 1.74. The number of aryl methyl sites for hydroxylation is 1. The lowest BCUT2D eigenvalue weighted by molar-refractivity contribution is 0.612. The van der Waals surface area contributed by atoms with Crippen molar-refractivity contribution in [2.45, 2.75) is 39.0 Å². The molecule has 1 saturated carbocycles. The van der Waals surface area contributed by atoms with E-state index in [1.807, 2.05) is 6.92 Å². The Kier molecular flexibility index (Phi) is 2.40. The van der Waals surface area contributed by atoms with Crippen molar-refractivity contribution in [3.05, 3.63) is 27.9 Å². The molecule has 3 heteroatoms. The second-order valence-electron chi connectivity index (χ2n) is 4.10. The number of nitrogens with one attached hydrogen (secondary N) is 1. The topological polar surface area (TPSA) is 45.8 Å². The summed E-state index contributed by atoms with van der Waals surface area (Å²) in [5.74, 6) is 2.02. The van der Waals surface area contributed by atoms with Gasteiger partial charge in [-0.3, -0.25) is 4.79 Å². The molecule has 3 nitrogen and oxygen atoms in total. The van der Waals surface area contributed by atoms with Gasteiger partial charge in [0.15, 0.2) is 0 Å². The van der Waals surface area contributed by atoms with Crippen LogP contribution in [0.4, 0.5) is 0 Å². The van der Waals surface area contributed by atoms with Gasteiger partial charge in [0, 0.05) is 17.7 Å². The molecule has 1 aliphatic rings. The number of aromatic amines is 1. The zero-order chi connectivity index (χ0) is 10.1. The van der Waals surface area contributed by atoms with E-state index in [-0.39, 0.29) is 5.56 Å². The Morgan fingerprint density at radius 1 is 1.64 bits per heavy atom. The zero-order valence-corrected chi connectivity index (χ0v) is 8.71. The molecule has 1 heterocycles. The quantitative estimate of drug-likeness (QED) is 0.794. The van der Waals surface area contributed by atoms with Gasteiger partial charge in [-0.05, 0) is 25.2 Å². The lowest BCUT2D eigenvalue weighted by Gasteiger charge is -2.09. The number of rotatable bonds is 3. The molecule has 0 aromatic carbocycles. The Labute approximate surface area is 83.6 Å². The smallest absolute Gasteiger partial charge is 0.251 e. The van der Waals surface area contributed by atoms with Crippen molar-refractivity contribution in [1.82, 2.24) is 9.97 Å². The monoisotopic (exact) mass is 192 g/mol. The normalized spacial score (nSPS) is 18.1. The Balaban J connectivity index is 2.31. The molecule has 1 N–H and O–H groups in total. The van der Waals surface area contributed by atoms with E-state index in [0.717, 1.165) is 23.9 Å². The van der Waals surface area contributed by atoms with E-state index in [0.29, 0.717) is 5.92 Å². The van der Waals surface area contributed by atoms with E-state index in [1.54, 1.807) is 6.07 Å². The van der Waals surface area contributed by atoms with Crippen LogP contribution < -0.4 is 5.56 Å². The van der Waals surface area contributed by atoms with E-state index in [1.165, 1.54) is 12.8 Å². The summed E-state index contributed by atoms with van der Waals surface area (Å²) < 4.78 is 0. The Morgan fingerprint density at radius 2 is 2.36 bits per heavy atom. The third-order valence-electron chi connectivity index (χ3n) is 2.94. The summed E-state index contributed by atoms with van der Waals surface area (Å²) in [6.45, 7) is 4.17. The van der Waals surface area contributed by atoms with Crippen molar-refractivity contribution in [3.63, 3.8) is 0 Å². The van der Waals surface area contributed by atoms with Gasteiger partial charge in [0.25, 0.3) is 5.56 Å². The standard InChI is InChI=1S/C11H16N2O/c1-3-9-6-10(14)13-11(12-9)7(2)8-4-5-8/h6-8H,3-5H2,1-2H3,(H,12,13,14). The van der Waals surface area contributed by atoms with Crippen molar-refractivity contribution >= 4 is 0 Å². The summed E-state index contributed by atoms with van der Waals surface area (Å²) in [5, 5.41) is 0. The van der Waals surface area contributed by atoms with E-state index < -0.39 is 0 Å². The number of hydrogen-bond donors (Lipinski definition) is 1. The molecular weight excluding hydrogens is 176 g/mol. The van der Waals surface area contributed by atoms with Crippen LogP contribution in [-0.2, 0) is 6.42 Å². The first-order chi connectivity index (χ1) is 6.70. The molecule has 2 rings (SSSR count). The summed E-state index contributed by atoms with van der Waals surface area (Å²) in [7, 11) is 0. The molecule has 0 spiro atoms. The maximum Gasteiger partial charge on any atom is 0.251 e. The van der Waals surface area contributed by atoms with E-state index in [9.17, 15) is 4.79 Å². The van der Waals surface area contributed by atoms with Crippen molar-refractivity contribution in [1.29, 1.82) is 0 Å². The van der Waals surface area contributed by atoms with Crippen LogP contribution in [-0.4, -0.2) is 9.97 Å². The van der Waals surface area contributed by atoms with Crippen LogP contribution in [0, 0.1) is 5.92 Å². The number of aromatic nitrogens is 2. The molecule has 0 bridgehead atoms. The van der Waals surface area contributed by atoms with Gasteiger partial charge in [-0.1, -0.05) is 13.8 Å². The predicted octanol–water partition coefficient (Wildman–Crippen LogP) is 1.85. The number of nitrogens with zero attached hydrogens (tertiary/aromatic N) is 1. The number of H-pyrrole nitrogens is 1. The number of hydrogen-bond acceptors (Lipinski definition) is 2. The largest absolute Gasteiger partial charge is 0.310 e. The van der Waals surface area contributed by atoms with Gasteiger partial charge in [0.1, 0.15) is 5.82 Å². The first-order valence-electron chi connectivity index (χ1n) is 5.31. The lowest BCUT2D eigenvalue weighted by atomic mass is 10.1. The van der Waals surface area contributed by atoms with Gasteiger partial charge in [0.05, 0.1) is 0 Å². The molecular formula is C11H16N2O. The zero-order valence-electron chi connectivity index (χ0n) is 8.71. The molecule has 0 saturated heterocycles. The fourth-order valence-electron chi connectivity index (χ4n) is 1.74. The van der Waals surface area contributed by atoms with Gasteiger partial charge < -0.3 is 4.98 Å². The van der Waals surface area contributed by atoms with Gasteiger partial charge in [-0.2, -0.15) is 0 Å². The molecule has 1 aromatic heterocycles. The predicted molar refractivity (Wildman–Crippen MR) is 55.4 cm³/mol. The van der Waals surface area contributed by atoms with Crippen LogP contribution in [0.15, 0.2) is 10.9 Å². The summed E-state index contributed by atoms with van der Waals surface area (Å²) in [5.41, 5.74) is 0.885. The highest BCUT2D eigenvalue weighted by Crippen LogP contribution is 2.40. The Bertz CT molecular complexity index is 379. The maximum absolute atomic E-state index is 11.3. The second kappa shape index (κ2) is 3.56. The SMILES string of the molecule is CCc1cc(=O)[nH]c(C(C)C2CC2)n1. The van der Waals surface area contributed by atoms with Crippen molar-refractivity contribution in [3.8, 4) is 0 Å². The first kappa shape index (κ1) is 9.44. The molecule has 0 amide bonds. The third-order valence-corrected chi connectivity index (χ3v) is 2.94. The fraction of sp³-hybridized carbons (Fsp3) is 0.636. The van der Waals surface area contributed by atoms with Gasteiger partial charge in [-0.15, -0.1) is 0 Å². The minimum atomic E-state index is -0.0145. The van der Waals surface area contributed by atoms with Crippen LogP contribution in [0.3, 0.4) is 0 Å². The molecule has 0 radical (unpaired) electrons. The van der Waals surface area contributed by atoms with Crippen molar-refractivity contribution < 1.29 is 0 Å². The lowest BCUT2D eigenvalue weighted by Crippen LogP contribution is -2.15. The third kappa shape index (κ3) is 1.86. The molecule has 1 unspecified atom stereocenters. The molecule has 1 aromatic rings. The van der Waals surface area contributed by atoms with E-state index in [4.69, 9.17) is 0 Å². The van der Waals surface area contributed by atoms with E-state index >= 15 is 0 Å². The van der Waals surface area contributed by atoms with Gasteiger partial charge in [0.2, 0.25) is 0 Å². The highest BCUT2D eigenvalue weighted by molar-refractivity contribution is 5.07. The second-order valence-corrected chi connectivity index (χ2v) is 4.10. The van der Waals surface area contributed by atoms with Crippen molar-refractivity contribution in [2.75, 3.05) is 0 Å². The highest BCUT2D eigenvalue weighted by atomic mass is 16.1. The molecule has 14 heavy (non-hydrogen) atoms.